The number of pyridine rings is 1. The number of hydrogen-bond donors (Lipinski definition) is 0. The number of aryl methyl sites for hydroxylation is 1. The topological polar surface area (TPSA) is 33.2 Å². The first-order valence-electron chi connectivity index (χ1n) is 10.3. The van der Waals surface area contributed by atoms with E-state index in [9.17, 15) is 4.79 Å². The van der Waals surface area contributed by atoms with Gasteiger partial charge in [-0.1, -0.05) is 62.4 Å². The fraction of sp³-hybridized carbons (Fsp3) is 0.360. The molecule has 1 aromatic heterocycles. The van der Waals surface area contributed by atoms with Crippen molar-refractivity contribution in [1.29, 1.82) is 0 Å². The van der Waals surface area contributed by atoms with E-state index in [2.05, 4.69) is 55.1 Å². The molecule has 0 saturated heterocycles. The Kier molecular flexibility index (Phi) is 5.17. The highest BCUT2D eigenvalue weighted by Crippen LogP contribution is 2.34. The Balaban J connectivity index is 1.80. The zero-order valence-electron chi connectivity index (χ0n) is 17.0. The molecule has 144 valence electrons. The summed E-state index contributed by atoms with van der Waals surface area (Å²) >= 11 is 0. The molecular formula is C25H28N2O. The van der Waals surface area contributed by atoms with Crippen LogP contribution in [0, 0.1) is 12.8 Å². The third kappa shape index (κ3) is 3.80. The number of benzene rings is 2. The summed E-state index contributed by atoms with van der Waals surface area (Å²) in [6.07, 6.45) is 2.69. The zero-order valence-corrected chi connectivity index (χ0v) is 17.0. The van der Waals surface area contributed by atoms with E-state index in [1.54, 1.807) is 0 Å². The number of carbonyl (C=O) groups is 1. The smallest absolute Gasteiger partial charge is 0.227 e. The van der Waals surface area contributed by atoms with Gasteiger partial charge in [-0.25, -0.2) is 0 Å². The van der Waals surface area contributed by atoms with Gasteiger partial charge < -0.3 is 4.90 Å². The van der Waals surface area contributed by atoms with Crippen LogP contribution in [0.25, 0.3) is 22.0 Å². The maximum Gasteiger partial charge on any atom is 0.227 e. The molecule has 28 heavy (non-hydrogen) atoms. The lowest BCUT2D eigenvalue weighted by atomic mass is 9.92. The Morgan fingerprint density at radius 3 is 2.43 bits per heavy atom. The van der Waals surface area contributed by atoms with Crippen molar-refractivity contribution >= 4 is 16.8 Å². The van der Waals surface area contributed by atoms with Crippen LogP contribution in [-0.2, 0) is 11.2 Å². The second-order valence-electron chi connectivity index (χ2n) is 8.28. The largest absolute Gasteiger partial charge is 0.339 e. The van der Waals surface area contributed by atoms with Crippen molar-refractivity contribution in [1.82, 2.24) is 9.88 Å². The van der Waals surface area contributed by atoms with E-state index >= 15 is 0 Å². The van der Waals surface area contributed by atoms with Gasteiger partial charge in [-0.3, -0.25) is 9.78 Å². The van der Waals surface area contributed by atoms with Crippen LogP contribution in [0.3, 0.4) is 0 Å². The first kappa shape index (κ1) is 18.7. The number of carbonyl (C=O) groups excluding carboxylic acids is 1. The van der Waals surface area contributed by atoms with Crippen molar-refractivity contribution in [2.45, 2.75) is 46.1 Å². The Morgan fingerprint density at radius 2 is 1.75 bits per heavy atom. The van der Waals surface area contributed by atoms with E-state index in [-0.39, 0.29) is 5.91 Å². The summed E-state index contributed by atoms with van der Waals surface area (Å²) in [6.45, 7) is 7.23. The molecular weight excluding hydrogens is 344 g/mol. The molecule has 0 aliphatic heterocycles. The van der Waals surface area contributed by atoms with E-state index in [4.69, 9.17) is 4.98 Å². The lowest BCUT2D eigenvalue weighted by molar-refractivity contribution is -0.131. The fourth-order valence-electron chi connectivity index (χ4n) is 4.01. The molecule has 0 atom stereocenters. The average molecular weight is 373 g/mol. The van der Waals surface area contributed by atoms with Crippen molar-refractivity contribution in [2.75, 3.05) is 6.54 Å². The lowest BCUT2D eigenvalue weighted by Crippen LogP contribution is -2.37. The SMILES string of the molecule is Cc1nc2ccccc2c(-c2ccccc2)c1CC(=O)N(CC(C)C)C1CC1. The van der Waals surface area contributed by atoms with Gasteiger partial charge in [0, 0.05) is 23.7 Å². The van der Waals surface area contributed by atoms with Gasteiger partial charge in [0.25, 0.3) is 0 Å². The van der Waals surface area contributed by atoms with Crippen LogP contribution in [0.5, 0.6) is 0 Å². The molecule has 3 nitrogen and oxygen atoms in total. The monoisotopic (exact) mass is 372 g/mol. The van der Waals surface area contributed by atoms with Crippen molar-refractivity contribution in [3.63, 3.8) is 0 Å². The number of nitrogens with zero attached hydrogens (tertiary/aromatic N) is 2. The van der Waals surface area contributed by atoms with Gasteiger partial charge in [-0.15, -0.1) is 0 Å². The lowest BCUT2D eigenvalue weighted by Gasteiger charge is -2.25. The van der Waals surface area contributed by atoms with E-state index in [1.165, 1.54) is 0 Å². The third-order valence-electron chi connectivity index (χ3n) is 5.46. The number of hydrogen-bond acceptors (Lipinski definition) is 2. The molecule has 4 rings (SSSR count). The van der Waals surface area contributed by atoms with Crippen molar-refractivity contribution in [3.8, 4) is 11.1 Å². The van der Waals surface area contributed by atoms with Crippen LogP contribution in [0.15, 0.2) is 54.6 Å². The molecule has 2 aromatic carbocycles. The molecule has 0 N–H and O–H groups in total. The quantitative estimate of drug-likeness (QED) is 0.580. The highest BCUT2D eigenvalue weighted by molar-refractivity contribution is 5.98. The molecule has 0 spiro atoms. The van der Waals surface area contributed by atoms with Crippen LogP contribution < -0.4 is 0 Å². The summed E-state index contributed by atoms with van der Waals surface area (Å²) in [5, 5.41) is 1.11. The third-order valence-corrected chi connectivity index (χ3v) is 5.46. The zero-order chi connectivity index (χ0) is 19.7. The predicted molar refractivity (Wildman–Crippen MR) is 115 cm³/mol. The number of rotatable bonds is 6. The number of aromatic nitrogens is 1. The van der Waals surface area contributed by atoms with Crippen molar-refractivity contribution in [2.24, 2.45) is 5.92 Å². The molecule has 3 heteroatoms. The minimum Gasteiger partial charge on any atom is -0.339 e. The molecule has 1 aliphatic rings. The summed E-state index contributed by atoms with van der Waals surface area (Å²) in [4.78, 5) is 20.2. The average Bonchev–Trinajstić information content (AvgIpc) is 3.52. The summed E-state index contributed by atoms with van der Waals surface area (Å²) in [7, 11) is 0. The number of para-hydroxylation sites is 1. The van der Waals surface area contributed by atoms with Gasteiger partial charge in [0.1, 0.15) is 0 Å². The molecule has 0 bridgehead atoms. The Hall–Kier alpha value is -2.68. The first-order valence-corrected chi connectivity index (χ1v) is 10.3. The van der Waals surface area contributed by atoms with Crippen LogP contribution >= 0.6 is 0 Å². The normalized spacial score (nSPS) is 13.9. The summed E-state index contributed by atoms with van der Waals surface area (Å²) in [6, 6.07) is 19.1. The standard InChI is InChI=1S/C25H28N2O/c1-17(2)16-27(20-13-14-20)24(28)15-22-18(3)26-23-12-8-7-11-21(23)25(22)19-9-5-4-6-10-19/h4-12,17,20H,13-16H2,1-3H3. The van der Waals surface area contributed by atoms with Gasteiger partial charge >= 0.3 is 0 Å². The fourth-order valence-corrected chi connectivity index (χ4v) is 4.01. The van der Waals surface area contributed by atoms with E-state index in [0.29, 0.717) is 18.4 Å². The van der Waals surface area contributed by atoms with Gasteiger partial charge in [0.15, 0.2) is 0 Å². The molecule has 0 radical (unpaired) electrons. The minimum atomic E-state index is 0.230. The molecule has 1 amide bonds. The molecule has 1 fully saturated rings. The Bertz CT molecular complexity index is 990. The molecule has 1 saturated carbocycles. The Labute approximate surface area is 167 Å². The maximum absolute atomic E-state index is 13.3. The van der Waals surface area contributed by atoms with Crippen LogP contribution in [0.1, 0.15) is 37.9 Å². The van der Waals surface area contributed by atoms with Gasteiger partial charge in [-0.2, -0.15) is 0 Å². The summed E-state index contributed by atoms with van der Waals surface area (Å²) < 4.78 is 0. The summed E-state index contributed by atoms with van der Waals surface area (Å²) in [5.74, 6) is 0.711. The predicted octanol–water partition coefficient (Wildman–Crippen LogP) is 5.40. The van der Waals surface area contributed by atoms with E-state index in [1.807, 2.05) is 25.1 Å². The minimum absolute atomic E-state index is 0.230. The van der Waals surface area contributed by atoms with E-state index in [0.717, 1.165) is 52.7 Å². The van der Waals surface area contributed by atoms with Crippen LogP contribution in [0.2, 0.25) is 0 Å². The van der Waals surface area contributed by atoms with Crippen LogP contribution in [-0.4, -0.2) is 28.4 Å². The molecule has 1 aliphatic carbocycles. The molecule has 3 aromatic rings. The second kappa shape index (κ2) is 7.75. The van der Waals surface area contributed by atoms with E-state index < -0.39 is 0 Å². The Morgan fingerprint density at radius 1 is 1.07 bits per heavy atom. The number of amides is 1. The molecule has 0 unspecified atom stereocenters. The highest BCUT2D eigenvalue weighted by atomic mass is 16.2. The number of fused-ring (bicyclic) bond motifs is 1. The highest BCUT2D eigenvalue weighted by Gasteiger charge is 2.33. The van der Waals surface area contributed by atoms with Crippen molar-refractivity contribution in [3.05, 3.63) is 65.9 Å². The van der Waals surface area contributed by atoms with Crippen LogP contribution in [0.4, 0.5) is 0 Å². The van der Waals surface area contributed by atoms with Crippen molar-refractivity contribution < 1.29 is 4.79 Å². The first-order chi connectivity index (χ1) is 13.5. The maximum atomic E-state index is 13.3. The van der Waals surface area contributed by atoms with Gasteiger partial charge in [0.05, 0.1) is 11.9 Å². The molecule has 1 heterocycles. The second-order valence-corrected chi connectivity index (χ2v) is 8.28. The summed E-state index contributed by atoms with van der Waals surface area (Å²) in [5.41, 5.74) is 5.29. The van der Waals surface area contributed by atoms with Gasteiger partial charge in [-0.05, 0) is 48.4 Å². The van der Waals surface area contributed by atoms with Gasteiger partial charge in [0.2, 0.25) is 5.91 Å².